The fraction of sp³-hybridized carbons (Fsp3) is 0.348. The monoisotopic (exact) mass is 379 g/mol. The van der Waals surface area contributed by atoms with Gasteiger partial charge in [0.15, 0.2) is 0 Å². The fourth-order valence-electron chi connectivity index (χ4n) is 4.30. The van der Waals surface area contributed by atoms with E-state index >= 15 is 0 Å². The molecule has 0 saturated carbocycles. The Kier molecular flexibility index (Phi) is 4.84. The number of hydrogen-bond donors (Lipinski definition) is 0. The number of aromatic nitrogens is 1. The molecular formula is C23H26FN3O. The van der Waals surface area contributed by atoms with E-state index in [2.05, 4.69) is 34.6 Å². The molecule has 1 fully saturated rings. The maximum atomic E-state index is 14.2. The summed E-state index contributed by atoms with van der Waals surface area (Å²) >= 11 is 0. The van der Waals surface area contributed by atoms with Crippen LogP contribution in [0.4, 0.5) is 10.1 Å². The molecule has 4 rings (SSSR count). The average Bonchev–Trinajstić information content (AvgIpc) is 3.17. The highest BCUT2D eigenvalue weighted by Gasteiger charge is 2.27. The number of halogens is 1. The van der Waals surface area contributed by atoms with Gasteiger partial charge in [-0.05, 0) is 49.2 Å². The highest BCUT2D eigenvalue weighted by molar-refractivity contribution is 5.85. The third kappa shape index (κ3) is 3.15. The number of benzene rings is 2. The number of amides is 1. The summed E-state index contributed by atoms with van der Waals surface area (Å²) in [6.45, 7) is 8.18. The van der Waals surface area contributed by atoms with Crippen molar-refractivity contribution in [1.29, 1.82) is 0 Å². The van der Waals surface area contributed by atoms with Crippen LogP contribution in [0.3, 0.4) is 0 Å². The van der Waals surface area contributed by atoms with Gasteiger partial charge < -0.3 is 14.4 Å². The van der Waals surface area contributed by atoms with Crippen molar-refractivity contribution in [2.45, 2.75) is 33.2 Å². The second kappa shape index (κ2) is 7.30. The van der Waals surface area contributed by atoms with Crippen LogP contribution in [0.1, 0.15) is 25.8 Å². The summed E-state index contributed by atoms with van der Waals surface area (Å²) in [7, 11) is 0. The molecule has 3 aromatic rings. The van der Waals surface area contributed by atoms with Crippen molar-refractivity contribution in [3.63, 3.8) is 0 Å². The Balaban J connectivity index is 1.68. The van der Waals surface area contributed by atoms with E-state index in [1.54, 1.807) is 6.92 Å². The van der Waals surface area contributed by atoms with Crippen molar-refractivity contribution in [3.05, 3.63) is 60.0 Å². The molecule has 5 heteroatoms. The van der Waals surface area contributed by atoms with Crippen LogP contribution in [0.2, 0.25) is 0 Å². The smallest absolute Gasteiger partial charge is 0.219 e. The van der Waals surface area contributed by atoms with Crippen LogP contribution < -0.4 is 4.90 Å². The zero-order valence-corrected chi connectivity index (χ0v) is 16.7. The Morgan fingerprint density at radius 1 is 1.14 bits per heavy atom. The molecular weight excluding hydrogens is 353 g/mol. The minimum absolute atomic E-state index is 0.150. The Hall–Kier alpha value is -2.82. The Labute approximate surface area is 165 Å². The van der Waals surface area contributed by atoms with E-state index in [9.17, 15) is 9.18 Å². The highest BCUT2D eigenvalue weighted by Crippen LogP contribution is 2.28. The van der Waals surface area contributed by atoms with Crippen LogP contribution in [0.15, 0.2) is 48.7 Å². The molecule has 1 aliphatic rings. The zero-order valence-electron chi connectivity index (χ0n) is 16.7. The number of rotatable bonds is 3. The van der Waals surface area contributed by atoms with E-state index < -0.39 is 0 Å². The number of carbonyl (C=O) groups excluding carboxylic acids is 1. The van der Waals surface area contributed by atoms with Crippen molar-refractivity contribution in [3.8, 4) is 5.69 Å². The lowest BCUT2D eigenvalue weighted by Crippen LogP contribution is -2.54. The van der Waals surface area contributed by atoms with Crippen LogP contribution in [-0.4, -0.2) is 41.1 Å². The molecule has 1 amide bonds. The van der Waals surface area contributed by atoms with E-state index in [1.165, 1.54) is 6.07 Å². The lowest BCUT2D eigenvalue weighted by atomic mass is 10.1. The summed E-state index contributed by atoms with van der Waals surface area (Å²) in [4.78, 5) is 16.2. The third-order valence-corrected chi connectivity index (χ3v) is 5.83. The summed E-state index contributed by atoms with van der Waals surface area (Å²) in [5.74, 6) is -0.0433. The number of aryl methyl sites for hydroxylation is 1. The van der Waals surface area contributed by atoms with E-state index in [0.29, 0.717) is 5.39 Å². The second-order valence-electron chi connectivity index (χ2n) is 7.55. The molecule has 0 radical (unpaired) electrons. The van der Waals surface area contributed by atoms with Gasteiger partial charge >= 0.3 is 0 Å². The lowest BCUT2D eigenvalue weighted by Gasteiger charge is -2.42. The van der Waals surface area contributed by atoms with E-state index in [1.807, 2.05) is 36.2 Å². The molecule has 1 saturated heterocycles. The first kappa shape index (κ1) is 18.5. The minimum atomic E-state index is -0.193. The van der Waals surface area contributed by atoms with Gasteiger partial charge in [0.25, 0.3) is 0 Å². The molecule has 4 nitrogen and oxygen atoms in total. The number of carbonyl (C=O) groups is 1. The summed E-state index contributed by atoms with van der Waals surface area (Å²) < 4.78 is 16.3. The summed E-state index contributed by atoms with van der Waals surface area (Å²) in [5, 5.41) is 0.645. The molecule has 28 heavy (non-hydrogen) atoms. The molecule has 0 N–H and O–H groups in total. The Bertz CT molecular complexity index is 1030. The highest BCUT2D eigenvalue weighted by atomic mass is 19.1. The topological polar surface area (TPSA) is 28.5 Å². The van der Waals surface area contributed by atoms with Crippen molar-refractivity contribution in [1.82, 2.24) is 9.47 Å². The normalized spacial score (nSPS) is 17.4. The van der Waals surface area contributed by atoms with Crippen molar-refractivity contribution >= 4 is 22.5 Å². The largest absolute Gasteiger partial charge is 0.368 e. The Morgan fingerprint density at radius 2 is 1.93 bits per heavy atom. The number of fused-ring (bicyclic) bond motifs is 1. The van der Waals surface area contributed by atoms with Gasteiger partial charge in [-0.2, -0.15) is 0 Å². The van der Waals surface area contributed by atoms with Gasteiger partial charge in [0.2, 0.25) is 5.91 Å². The molecule has 2 aromatic carbocycles. The minimum Gasteiger partial charge on any atom is -0.368 e. The van der Waals surface area contributed by atoms with Crippen LogP contribution in [-0.2, 0) is 4.79 Å². The summed E-state index contributed by atoms with van der Waals surface area (Å²) in [6.07, 6.45) is 2.87. The lowest BCUT2D eigenvalue weighted by molar-refractivity contribution is -0.131. The first-order valence-electron chi connectivity index (χ1n) is 9.88. The van der Waals surface area contributed by atoms with E-state index in [-0.39, 0.29) is 17.8 Å². The maximum Gasteiger partial charge on any atom is 0.219 e. The molecule has 1 aromatic heterocycles. The van der Waals surface area contributed by atoms with Crippen LogP contribution >= 0.6 is 0 Å². The van der Waals surface area contributed by atoms with Gasteiger partial charge in [-0.15, -0.1) is 0 Å². The molecule has 1 aliphatic heterocycles. The molecule has 1 atom stereocenters. The molecule has 146 valence electrons. The first-order chi connectivity index (χ1) is 13.5. The van der Waals surface area contributed by atoms with Gasteiger partial charge in [0.1, 0.15) is 5.82 Å². The predicted molar refractivity (Wildman–Crippen MR) is 112 cm³/mol. The molecule has 1 unspecified atom stereocenters. The molecule has 2 heterocycles. The third-order valence-electron chi connectivity index (χ3n) is 5.83. The van der Waals surface area contributed by atoms with E-state index in [0.717, 1.165) is 48.5 Å². The standard InChI is InChI=1S/C23H26FN3O/c1-4-18-15-25(12-13-26(18)17(3)28)19-6-5-7-20(14-19)27-11-10-21-22(24)9-8-16(2)23(21)27/h5-11,14,18H,4,12-13,15H2,1-3H3. The second-order valence-corrected chi connectivity index (χ2v) is 7.55. The SMILES string of the molecule is CCC1CN(c2cccc(-n3ccc4c(F)ccc(C)c43)c2)CCN1C(C)=O. The van der Waals surface area contributed by atoms with Crippen LogP contribution in [0.5, 0.6) is 0 Å². The molecule has 0 bridgehead atoms. The number of hydrogen-bond acceptors (Lipinski definition) is 2. The number of piperazine rings is 1. The quantitative estimate of drug-likeness (QED) is 0.669. The summed E-state index contributed by atoms with van der Waals surface area (Å²) in [6, 6.07) is 13.8. The average molecular weight is 379 g/mol. The Morgan fingerprint density at radius 3 is 2.68 bits per heavy atom. The number of nitrogens with zero attached hydrogens (tertiary/aromatic N) is 3. The van der Waals surface area contributed by atoms with Crippen LogP contribution in [0, 0.1) is 12.7 Å². The maximum absolute atomic E-state index is 14.2. The fourth-order valence-corrected chi connectivity index (χ4v) is 4.30. The molecule has 0 aliphatic carbocycles. The molecule has 0 spiro atoms. The first-order valence-corrected chi connectivity index (χ1v) is 9.88. The van der Waals surface area contributed by atoms with Crippen molar-refractivity contribution < 1.29 is 9.18 Å². The van der Waals surface area contributed by atoms with Gasteiger partial charge in [0.05, 0.1) is 5.52 Å². The van der Waals surface area contributed by atoms with E-state index in [4.69, 9.17) is 0 Å². The van der Waals surface area contributed by atoms with Gasteiger partial charge in [-0.3, -0.25) is 4.79 Å². The van der Waals surface area contributed by atoms with Gasteiger partial charge in [0, 0.05) is 55.6 Å². The predicted octanol–water partition coefficient (Wildman–Crippen LogP) is 4.53. The number of anilines is 1. The summed E-state index contributed by atoms with van der Waals surface area (Å²) in [5.41, 5.74) is 4.11. The van der Waals surface area contributed by atoms with Gasteiger partial charge in [-0.1, -0.05) is 19.1 Å². The van der Waals surface area contributed by atoms with Crippen LogP contribution in [0.25, 0.3) is 16.6 Å². The van der Waals surface area contributed by atoms with Crippen molar-refractivity contribution in [2.24, 2.45) is 0 Å². The van der Waals surface area contributed by atoms with Crippen molar-refractivity contribution in [2.75, 3.05) is 24.5 Å². The van der Waals surface area contributed by atoms with Gasteiger partial charge in [-0.25, -0.2) is 4.39 Å². The zero-order chi connectivity index (χ0) is 19.8.